The minimum atomic E-state index is -0.173. The van der Waals surface area contributed by atoms with Crippen LogP contribution in [0, 0.1) is 0 Å². The Morgan fingerprint density at radius 2 is 1.92 bits per heavy atom. The molecule has 0 atom stereocenters. The zero-order valence-corrected chi connectivity index (χ0v) is 21.0. The summed E-state index contributed by atoms with van der Waals surface area (Å²) in [4.78, 5) is 28.6. The lowest BCUT2D eigenvalue weighted by Crippen LogP contribution is -2.44. The molecule has 0 bridgehead atoms. The van der Waals surface area contributed by atoms with E-state index < -0.39 is 0 Å². The second kappa shape index (κ2) is 9.49. The summed E-state index contributed by atoms with van der Waals surface area (Å²) < 4.78 is 2.21. The van der Waals surface area contributed by atoms with E-state index in [2.05, 4.69) is 45.6 Å². The van der Waals surface area contributed by atoms with Gasteiger partial charge in [0.1, 0.15) is 0 Å². The van der Waals surface area contributed by atoms with Crippen LogP contribution in [-0.4, -0.2) is 61.8 Å². The van der Waals surface area contributed by atoms with Gasteiger partial charge in [0.25, 0.3) is 5.91 Å². The molecule has 1 saturated heterocycles. The molecule has 1 saturated carbocycles. The largest absolute Gasteiger partial charge is 0.368 e. The summed E-state index contributed by atoms with van der Waals surface area (Å²) in [5, 5.41) is 17.9. The van der Waals surface area contributed by atoms with Crippen LogP contribution in [0.4, 0.5) is 23.3 Å². The average molecular weight is 511 g/mol. The third kappa shape index (κ3) is 4.24. The lowest BCUT2D eigenvalue weighted by atomic mass is 10.1. The van der Waals surface area contributed by atoms with Crippen molar-refractivity contribution in [2.24, 2.45) is 0 Å². The normalized spacial score (nSPS) is 16.5. The number of rotatable bonds is 6. The molecule has 0 unspecified atom stereocenters. The van der Waals surface area contributed by atoms with Crippen LogP contribution in [0.15, 0.2) is 48.9 Å². The maximum Gasteiger partial charge on any atom is 0.257 e. The SMILES string of the molecule is O=C(Nc1ccc2cn[nH]c2c1)c1cc2nc(Nc3nccn3C3CCCC3)[nH]c2cc1N1CCNCC1. The minimum Gasteiger partial charge on any atom is -0.368 e. The van der Waals surface area contributed by atoms with Crippen molar-refractivity contribution in [3.63, 3.8) is 0 Å². The van der Waals surface area contributed by atoms with Crippen LogP contribution in [-0.2, 0) is 0 Å². The molecule has 11 nitrogen and oxygen atoms in total. The van der Waals surface area contributed by atoms with Gasteiger partial charge in [-0.3, -0.25) is 15.2 Å². The van der Waals surface area contributed by atoms with Crippen molar-refractivity contribution >= 4 is 51.1 Å². The van der Waals surface area contributed by atoms with Gasteiger partial charge in [0.05, 0.1) is 34.0 Å². The highest BCUT2D eigenvalue weighted by atomic mass is 16.1. The van der Waals surface area contributed by atoms with Gasteiger partial charge in [0.15, 0.2) is 0 Å². The molecule has 5 N–H and O–H groups in total. The summed E-state index contributed by atoms with van der Waals surface area (Å²) >= 11 is 0. The van der Waals surface area contributed by atoms with Crippen LogP contribution in [0.25, 0.3) is 21.9 Å². The van der Waals surface area contributed by atoms with Crippen LogP contribution >= 0.6 is 0 Å². The summed E-state index contributed by atoms with van der Waals surface area (Å²) in [5.41, 5.74) is 4.66. The van der Waals surface area contributed by atoms with Gasteiger partial charge in [0.2, 0.25) is 11.9 Å². The summed E-state index contributed by atoms with van der Waals surface area (Å²) in [6, 6.07) is 10.1. The van der Waals surface area contributed by atoms with E-state index in [1.54, 1.807) is 6.20 Å². The molecule has 0 spiro atoms. The molecule has 4 heterocycles. The van der Waals surface area contributed by atoms with E-state index in [0.29, 0.717) is 23.2 Å². The Bertz CT molecular complexity index is 1600. The number of nitrogens with one attached hydrogen (secondary N) is 5. The van der Waals surface area contributed by atoms with E-state index in [4.69, 9.17) is 4.98 Å². The first-order valence-corrected chi connectivity index (χ1v) is 13.2. The molecule has 7 rings (SSSR count). The highest BCUT2D eigenvalue weighted by molar-refractivity contribution is 6.11. The van der Waals surface area contributed by atoms with Crippen LogP contribution < -0.4 is 20.9 Å². The van der Waals surface area contributed by atoms with E-state index in [1.165, 1.54) is 25.7 Å². The van der Waals surface area contributed by atoms with Gasteiger partial charge in [-0.2, -0.15) is 5.10 Å². The van der Waals surface area contributed by atoms with Crippen molar-refractivity contribution < 1.29 is 4.79 Å². The molecule has 11 heteroatoms. The van der Waals surface area contributed by atoms with Crippen molar-refractivity contribution in [3.8, 4) is 0 Å². The Labute approximate surface area is 219 Å². The summed E-state index contributed by atoms with van der Waals surface area (Å²) in [6.07, 6.45) is 10.5. The first-order valence-electron chi connectivity index (χ1n) is 13.2. The van der Waals surface area contributed by atoms with Crippen LogP contribution in [0.2, 0.25) is 0 Å². The molecule has 3 aromatic heterocycles. The number of nitrogens with zero attached hydrogens (tertiary/aromatic N) is 5. The molecule has 194 valence electrons. The molecule has 2 fully saturated rings. The third-order valence-electron chi connectivity index (χ3n) is 7.62. The second-order valence-electron chi connectivity index (χ2n) is 10.1. The first kappa shape index (κ1) is 22.8. The molecule has 5 aromatic rings. The van der Waals surface area contributed by atoms with Gasteiger partial charge in [-0.05, 0) is 43.2 Å². The standard InChI is InChI=1S/C27H30N10O/c38-25(31-18-6-5-17-16-30-35-21(17)13-18)20-14-22-23(15-24(20)36-10-7-28-8-11-36)33-26(32-22)34-27-29-9-12-37(27)19-3-1-2-4-19/h5-6,9,12-16,19,28H,1-4,7-8,10-11H2,(H,30,35)(H,31,38)(H2,29,32,33,34). The van der Waals surface area contributed by atoms with Gasteiger partial charge in [0, 0.05) is 55.7 Å². The quantitative estimate of drug-likeness (QED) is 0.232. The lowest BCUT2D eigenvalue weighted by molar-refractivity contribution is 0.102. The van der Waals surface area contributed by atoms with Crippen LogP contribution in [0.5, 0.6) is 0 Å². The molecule has 1 aliphatic heterocycles. The number of carbonyl (C=O) groups excluding carboxylic acids is 1. The topological polar surface area (TPSA) is 132 Å². The van der Waals surface area contributed by atoms with E-state index in [1.807, 2.05) is 42.7 Å². The number of piperazine rings is 1. The van der Waals surface area contributed by atoms with Crippen LogP contribution in [0.1, 0.15) is 42.1 Å². The zero-order valence-electron chi connectivity index (χ0n) is 21.0. The lowest BCUT2D eigenvalue weighted by Gasteiger charge is -2.31. The Hall–Kier alpha value is -4.38. The minimum absolute atomic E-state index is 0.173. The predicted octanol–water partition coefficient (Wildman–Crippen LogP) is 4.16. The number of imidazole rings is 2. The van der Waals surface area contributed by atoms with Gasteiger partial charge < -0.3 is 25.1 Å². The van der Waals surface area contributed by atoms with Gasteiger partial charge in [-0.25, -0.2) is 9.97 Å². The fraction of sp³-hybridized carbons (Fsp3) is 0.333. The van der Waals surface area contributed by atoms with Crippen molar-refractivity contribution in [1.29, 1.82) is 0 Å². The fourth-order valence-electron chi connectivity index (χ4n) is 5.66. The molecule has 2 aromatic carbocycles. The highest BCUT2D eigenvalue weighted by Gasteiger charge is 2.23. The molecular weight excluding hydrogens is 480 g/mol. The number of benzene rings is 2. The number of H-pyrrole nitrogens is 2. The number of fused-ring (bicyclic) bond motifs is 2. The summed E-state index contributed by atoms with van der Waals surface area (Å²) in [5.74, 6) is 1.22. The smallest absolute Gasteiger partial charge is 0.257 e. The third-order valence-corrected chi connectivity index (χ3v) is 7.62. The molecule has 1 amide bonds. The van der Waals surface area contributed by atoms with Crippen molar-refractivity contribution in [1.82, 2.24) is 35.0 Å². The number of aromatic nitrogens is 6. The highest BCUT2D eigenvalue weighted by Crippen LogP contribution is 2.33. The molecule has 38 heavy (non-hydrogen) atoms. The zero-order chi connectivity index (χ0) is 25.5. The Kier molecular flexibility index (Phi) is 5.69. The average Bonchev–Trinajstić information content (AvgIpc) is 3.75. The molecule has 2 aliphatic rings. The van der Waals surface area contributed by atoms with E-state index in [0.717, 1.165) is 59.8 Å². The van der Waals surface area contributed by atoms with E-state index >= 15 is 0 Å². The molecular formula is C27H30N10O. The predicted molar refractivity (Wildman–Crippen MR) is 148 cm³/mol. The van der Waals surface area contributed by atoms with Crippen LogP contribution in [0.3, 0.4) is 0 Å². The van der Waals surface area contributed by atoms with Crippen molar-refractivity contribution in [2.75, 3.05) is 41.7 Å². The van der Waals surface area contributed by atoms with Gasteiger partial charge in [-0.15, -0.1) is 0 Å². The number of anilines is 4. The molecule has 1 aliphatic carbocycles. The Balaban J connectivity index is 1.22. The monoisotopic (exact) mass is 510 g/mol. The Morgan fingerprint density at radius 1 is 1.05 bits per heavy atom. The molecule has 0 radical (unpaired) electrons. The number of hydrogen-bond donors (Lipinski definition) is 5. The second-order valence-corrected chi connectivity index (χ2v) is 10.1. The maximum atomic E-state index is 13.6. The number of carbonyl (C=O) groups is 1. The number of hydrogen-bond acceptors (Lipinski definition) is 7. The number of aromatic amines is 2. The Morgan fingerprint density at radius 3 is 2.79 bits per heavy atom. The summed E-state index contributed by atoms with van der Waals surface area (Å²) in [6.45, 7) is 3.39. The maximum absolute atomic E-state index is 13.6. The van der Waals surface area contributed by atoms with Crippen molar-refractivity contribution in [2.45, 2.75) is 31.7 Å². The fourth-order valence-corrected chi connectivity index (χ4v) is 5.66. The van der Waals surface area contributed by atoms with Gasteiger partial charge >= 0.3 is 0 Å². The van der Waals surface area contributed by atoms with Gasteiger partial charge in [-0.1, -0.05) is 12.8 Å². The summed E-state index contributed by atoms with van der Waals surface area (Å²) in [7, 11) is 0. The number of amides is 1. The van der Waals surface area contributed by atoms with E-state index in [9.17, 15) is 4.79 Å². The van der Waals surface area contributed by atoms with Crippen molar-refractivity contribution in [3.05, 3.63) is 54.5 Å². The first-order chi connectivity index (χ1) is 18.7. The van der Waals surface area contributed by atoms with E-state index in [-0.39, 0.29) is 5.91 Å².